The molecule has 0 aliphatic rings. The van der Waals surface area contributed by atoms with Gasteiger partial charge in [0.25, 0.3) is 0 Å². The lowest BCUT2D eigenvalue weighted by atomic mass is 10.1. The zero-order valence-corrected chi connectivity index (χ0v) is 22.8. The Hall–Kier alpha value is -5.34. The van der Waals surface area contributed by atoms with Crippen molar-refractivity contribution in [2.24, 2.45) is 0 Å². The molecule has 7 rings (SSSR count). The van der Waals surface area contributed by atoms with Crippen molar-refractivity contribution in [3.05, 3.63) is 176 Å². The average Bonchev–Trinajstić information content (AvgIpc) is 3.69. The number of benzene rings is 5. The normalized spacial score (nSPS) is 11.0. The van der Waals surface area contributed by atoms with Gasteiger partial charge in [-0.15, -0.1) is 0 Å². The minimum atomic E-state index is 0.750. The fourth-order valence-electron chi connectivity index (χ4n) is 5.63. The molecule has 0 fully saturated rings. The zero-order chi connectivity index (χ0) is 27.4. The summed E-state index contributed by atoms with van der Waals surface area (Å²) >= 11 is 0. The zero-order valence-electron chi connectivity index (χ0n) is 22.8. The molecule has 2 heteroatoms. The molecule has 41 heavy (non-hydrogen) atoms. The first-order chi connectivity index (χ1) is 20.3. The Kier molecular flexibility index (Phi) is 6.64. The Morgan fingerprint density at radius 2 is 0.805 bits per heavy atom. The van der Waals surface area contributed by atoms with E-state index in [0.717, 1.165) is 6.54 Å². The average molecular weight is 527 g/mol. The lowest BCUT2D eigenvalue weighted by Gasteiger charge is -2.16. The minimum absolute atomic E-state index is 0.750. The van der Waals surface area contributed by atoms with Crippen LogP contribution in [0.25, 0.3) is 50.5 Å². The van der Waals surface area contributed by atoms with Crippen molar-refractivity contribution in [1.82, 2.24) is 9.13 Å². The van der Waals surface area contributed by atoms with Gasteiger partial charge in [0.2, 0.25) is 0 Å². The summed E-state index contributed by atoms with van der Waals surface area (Å²) in [5.41, 5.74) is 12.1. The summed E-state index contributed by atoms with van der Waals surface area (Å²) in [5, 5.41) is 0. The quantitative estimate of drug-likeness (QED) is 0.196. The Morgan fingerprint density at radius 1 is 0.366 bits per heavy atom. The van der Waals surface area contributed by atoms with Crippen molar-refractivity contribution in [2.75, 3.05) is 0 Å². The fraction of sp³-hybridized carbons (Fsp3) is 0.0256. The van der Waals surface area contributed by atoms with Crippen LogP contribution >= 0.6 is 0 Å². The fourth-order valence-corrected chi connectivity index (χ4v) is 5.63. The van der Waals surface area contributed by atoms with E-state index in [1.165, 1.54) is 56.0 Å². The first-order valence-corrected chi connectivity index (χ1v) is 14.1. The summed E-state index contributed by atoms with van der Waals surface area (Å²) in [4.78, 5) is 0. The number of hydrogen-bond acceptors (Lipinski definition) is 0. The second-order valence-electron chi connectivity index (χ2n) is 10.3. The van der Waals surface area contributed by atoms with E-state index in [-0.39, 0.29) is 0 Å². The first-order valence-electron chi connectivity index (χ1n) is 14.1. The van der Waals surface area contributed by atoms with E-state index in [4.69, 9.17) is 0 Å². The maximum atomic E-state index is 2.39. The monoisotopic (exact) mass is 526 g/mol. The van der Waals surface area contributed by atoms with Crippen LogP contribution < -0.4 is 0 Å². The molecular formula is C39H30N2. The smallest absolute Gasteiger partial charge is 0.0534 e. The Labute approximate surface area is 241 Å². The van der Waals surface area contributed by atoms with Gasteiger partial charge >= 0.3 is 0 Å². The van der Waals surface area contributed by atoms with E-state index in [1.54, 1.807) is 0 Å². The van der Waals surface area contributed by atoms with Crippen LogP contribution in [0.15, 0.2) is 170 Å². The van der Waals surface area contributed by atoms with E-state index < -0.39 is 0 Å². The number of rotatable bonds is 7. The summed E-state index contributed by atoms with van der Waals surface area (Å²) in [6, 6.07) is 56.0. The van der Waals surface area contributed by atoms with Gasteiger partial charge in [0.15, 0.2) is 0 Å². The van der Waals surface area contributed by atoms with Gasteiger partial charge in [-0.05, 0) is 51.6 Å². The van der Waals surface area contributed by atoms with Gasteiger partial charge in [-0.25, -0.2) is 0 Å². The maximum Gasteiger partial charge on any atom is 0.0534 e. The molecule has 0 spiro atoms. The Balaban J connectivity index is 1.36. The van der Waals surface area contributed by atoms with Crippen LogP contribution in [0.1, 0.15) is 5.56 Å². The second kappa shape index (κ2) is 11.0. The Bertz CT molecular complexity index is 1880. The molecule has 0 unspecified atom stereocenters. The third-order valence-corrected chi connectivity index (χ3v) is 7.66. The van der Waals surface area contributed by atoms with Crippen molar-refractivity contribution in [3.63, 3.8) is 0 Å². The highest BCUT2D eigenvalue weighted by Gasteiger charge is 2.16. The molecule has 7 aromatic rings. The van der Waals surface area contributed by atoms with Crippen molar-refractivity contribution in [1.29, 1.82) is 0 Å². The summed E-state index contributed by atoms with van der Waals surface area (Å²) in [6.45, 7) is 0.750. The highest BCUT2D eigenvalue weighted by Crippen LogP contribution is 2.34. The van der Waals surface area contributed by atoms with Crippen LogP contribution in [0.3, 0.4) is 0 Å². The predicted molar refractivity (Wildman–Crippen MR) is 171 cm³/mol. The van der Waals surface area contributed by atoms with Crippen LogP contribution in [-0.4, -0.2) is 9.13 Å². The molecule has 0 saturated carbocycles. The molecule has 2 nitrogen and oxygen atoms in total. The molecular weight excluding hydrogens is 496 g/mol. The number of nitrogens with zero attached hydrogens (tertiary/aromatic N) is 2. The van der Waals surface area contributed by atoms with E-state index in [1.807, 2.05) is 0 Å². The molecule has 2 heterocycles. The van der Waals surface area contributed by atoms with E-state index in [0.29, 0.717) is 0 Å². The third-order valence-electron chi connectivity index (χ3n) is 7.66. The molecule has 0 atom stereocenters. The van der Waals surface area contributed by atoms with E-state index in [9.17, 15) is 0 Å². The highest BCUT2D eigenvalue weighted by molar-refractivity contribution is 5.75. The van der Waals surface area contributed by atoms with Crippen LogP contribution in [0.2, 0.25) is 0 Å². The summed E-state index contributed by atoms with van der Waals surface area (Å²) < 4.78 is 4.75. The topological polar surface area (TPSA) is 9.86 Å². The predicted octanol–water partition coefficient (Wildman–Crippen LogP) is 10.00. The third kappa shape index (κ3) is 5.04. The molecule has 0 bridgehead atoms. The SMILES string of the molecule is c1ccc(-c2cc(-c3ccccc3)n(Cc3ccccc3-n3cc(-c4ccccc4)cc3-c3ccccc3)c2)cc1. The summed E-state index contributed by atoms with van der Waals surface area (Å²) in [7, 11) is 0. The lowest BCUT2D eigenvalue weighted by molar-refractivity contribution is 0.806. The van der Waals surface area contributed by atoms with Crippen LogP contribution in [-0.2, 0) is 6.54 Å². The molecule has 0 amide bonds. The maximum absolute atomic E-state index is 2.39. The Morgan fingerprint density at radius 3 is 1.39 bits per heavy atom. The summed E-state index contributed by atoms with van der Waals surface area (Å²) in [6.07, 6.45) is 4.57. The van der Waals surface area contributed by atoms with Gasteiger partial charge in [0.05, 0.1) is 11.4 Å². The summed E-state index contributed by atoms with van der Waals surface area (Å²) in [5.74, 6) is 0. The molecule has 0 radical (unpaired) electrons. The van der Waals surface area contributed by atoms with Crippen molar-refractivity contribution >= 4 is 0 Å². The van der Waals surface area contributed by atoms with Gasteiger partial charge in [-0.1, -0.05) is 140 Å². The molecule has 5 aromatic carbocycles. The minimum Gasteiger partial charge on any atom is -0.342 e. The van der Waals surface area contributed by atoms with Gasteiger partial charge in [-0.2, -0.15) is 0 Å². The standard InChI is InChI=1S/C39H30N2/c1-5-15-30(16-6-1)35-25-38(32-19-9-3-10-20-32)40(28-35)27-34-23-13-14-24-37(34)41-29-36(31-17-7-2-8-18-31)26-39(41)33-21-11-4-12-22-33/h1-26,28-29H,27H2. The number of aromatic nitrogens is 2. The van der Waals surface area contributed by atoms with Gasteiger partial charge in [0, 0.05) is 30.2 Å². The molecule has 0 N–H and O–H groups in total. The lowest BCUT2D eigenvalue weighted by Crippen LogP contribution is -2.06. The largest absolute Gasteiger partial charge is 0.342 e. The van der Waals surface area contributed by atoms with Crippen molar-refractivity contribution in [2.45, 2.75) is 6.54 Å². The number of para-hydroxylation sites is 1. The van der Waals surface area contributed by atoms with Crippen LogP contribution in [0.4, 0.5) is 0 Å². The van der Waals surface area contributed by atoms with Gasteiger partial charge < -0.3 is 9.13 Å². The van der Waals surface area contributed by atoms with Gasteiger partial charge in [0.1, 0.15) is 0 Å². The first kappa shape index (κ1) is 24.7. The number of hydrogen-bond donors (Lipinski definition) is 0. The van der Waals surface area contributed by atoms with Gasteiger partial charge in [-0.3, -0.25) is 0 Å². The molecule has 0 saturated heterocycles. The highest BCUT2D eigenvalue weighted by atomic mass is 15.0. The van der Waals surface area contributed by atoms with E-state index >= 15 is 0 Å². The van der Waals surface area contributed by atoms with Crippen molar-refractivity contribution < 1.29 is 0 Å². The van der Waals surface area contributed by atoms with Crippen LogP contribution in [0.5, 0.6) is 0 Å². The van der Waals surface area contributed by atoms with Crippen molar-refractivity contribution in [3.8, 4) is 50.5 Å². The second-order valence-corrected chi connectivity index (χ2v) is 10.3. The van der Waals surface area contributed by atoms with Crippen LogP contribution in [0, 0.1) is 0 Å². The molecule has 196 valence electrons. The molecule has 0 aliphatic carbocycles. The molecule has 2 aromatic heterocycles. The van der Waals surface area contributed by atoms with E-state index in [2.05, 4.69) is 179 Å². The molecule has 0 aliphatic heterocycles.